The summed E-state index contributed by atoms with van der Waals surface area (Å²) in [6.07, 6.45) is 2.30. The lowest BCUT2D eigenvalue weighted by atomic mass is 10.1. The minimum atomic E-state index is -3.81. The van der Waals surface area contributed by atoms with Gasteiger partial charge >= 0.3 is 0 Å². The molecule has 0 aromatic heterocycles. The van der Waals surface area contributed by atoms with Crippen molar-refractivity contribution in [1.29, 1.82) is 0 Å². The quantitative estimate of drug-likeness (QED) is 0.575. The highest BCUT2D eigenvalue weighted by Crippen LogP contribution is 2.30. The lowest BCUT2D eigenvalue weighted by molar-refractivity contribution is 0.0954. The third-order valence-electron chi connectivity index (χ3n) is 4.45. The molecule has 1 aliphatic carbocycles. The SMILES string of the molecule is CC(C)Oc1ccc(CCNC(=O)c2cc(S(=O)(=O)NC3CC3)c(Cl)cc2Cl)cc1. The summed E-state index contributed by atoms with van der Waals surface area (Å²) in [5.41, 5.74) is 1.10. The summed E-state index contributed by atoms with van der Waals surface area (Å²) in [5.74, 6) is 0.332. The minimum Gasteiger partial charge on any atom is -0.491 e. The largest absolute Gasteiger partial charge is 0.491 e. The van der Waals surface area contributed by atoms with Gasteiger partial charge in [0.05, 0.1) is 21.7 Å². The van der Waals surface area contributed by atoms with Gasteiger partial charge in [-0.15, -0.1) is 0 Å². The Labute approximate surface area is 187 Å². The first kappa shape index (κ1) is 22.9. The minimum absolute atomic E-state index is 0.0200. The molecule has 30 heavy (non-hydrogen) atoms. The van der Waals surface area contributed by atoms with Crippen molar-refractivity contribution in [1.82, 2.24) is 10.0 Å². The fourth-order valence-electron chi connectivity index (χ4n) is 2.82. The second-order valence-electron chi connectivity index (χ2n) is 7.47. The molecule has 2 aromatic rings. The zero-order valence-electron chi connectivity index (χ0n) is 16.7. The summed E-state index contributed by atoms with van der Waals surface area (Å²) in [5, 5.41) is 2.85. The van der Waals surface area contributed by atoms with Crippen LogP contribution in [0.15, 0.2) is 41.3 Å². The third kappa shape index (κ3) is 6.11. The molecule has 9 heteroatoms. The van der Waals surface area contributed by atoms with Crippen molar-refractivity contribution in [2.24, 2.45) is 0 Å². The summed E-state index contributed by atoms with van der Waals surface area (Å²) in [4.78, 5) is 12.4. The number of hydrogen-bond acceptors (Lipinski definition) is 4. The van der Waals surface area contributed by atoms with Gasteiger partial charge in [0.2, 0.25) is 10.0 Å². The van der Waals surface area contributed by atoms with E-state index >= 15 is 0 Å². The van der Waals surface area contributed by atoms with Gasteiger partial charge in [0, 0.05) is 12.6 Å². The molecule has 0 bridgehead atoms. The van der Waals surface area contributed by atoms with Gasteiger partial charge in [0.25, 0.3) is 5.91 Å². The summed E-state index contributed by atoms with van der Waals surface area (Å²) in [7, 11) is -3.81. The average Bonchev–Trinajstić information content (AvgIpc) is 3.45. The predicted octanol–water partition coefficient (Wildman–Crippen LogP) is 4.19. The standard InChI is InChI=1S/C21H24Cl2N2O4S/c1-13(2)29-16-7-3-14(4-8-16)9-10-24-21(26)17-11-20(19(23)12-18(17)22)30(27,28)25-15-5-6-15/h3-4,7-8,11-13,15,25H,5-6,9-10H2,1-2H3,(H,24,26). The van der Waals surface area contributed by atoms with Gasteiger partial charge in [-0.05, 0) is 62.9 Å². The van der Waals surface area contributed by atoms with Crippen LogP contribution in [0.2, 0.25) is 10.0 Å². The average molecular weight is 471 g/mol. The van der Waals surface area contributed by atoms with Crippen molar-refractivity contribution in [2.75, 3.05) is 6.54 Å². The van der Waals surface area contributed by atoms with Gasteiger partial charge in [0.1, 0.15) is 10.6 Å². The number of carbonyl (C=O) groups is 1. The van der Waals surface area contributed by atoms with Crippen LogP contribution in [-0.4, -0.2) is 33.0 Å². The Morgan fingerprint density at radius 2 is 1.80 bits per heavy atom. The third-order valence-corrected chi connectivity index (χ3v) is 6.75. The maximum absolute atomic E-state index is 12.6. The second-order valence-corrected chi connectivity index (χ2v) is 9.97. The van der Waals surface area contributed by atoms with Crippen LogP contribution in [0.1, 0.15) is 42.6 Å². The molecule has 1 saturated carbocycles. The summed E-state index contributed by atoms with van der Waals surface area (Å²) in [6.45, 7) is 4.29. The number of benzene rings is 2. The molecule has 1 aliphatic rings. The van der Waals surface area contributed by atoms with Crippen molar-refractivity contribution in [3.05, 3.63) is 57.6 Å². The molecule has 1 amide bonds. The topological polar surface area (TPSA) is 84.5 Å². The van der Waals surface area contributed by atoms with E-state index < -0.39 is 15.9 Å². The molecule has 0 aliphatic heterocycles. The van der Waals surface area contributed by atoms with E-state index in [0.29, 0.717) is 13.0 Å². The number of ether oxygens (including phenoxy) is 1. The van der Waals surface area contributed by atoms with E-state index in [-0.39, 0.29) is 32.7 Å². The summed E-state index contributed by atoms with van der Waals surface area (Å²) in [6, 6.07) is 10.1. The van der Waals surface area contributed by atoms with Crippen LogP contribution < -0.4 is 14.8 Å². The summed E-state index contributed by atoms with van der Waals surface area (Å²) < 4.78 is 33.2. The predicted molar refractivity (Wildman–Crippen MR) is 118 cm³/mol. The number of carbonyl (C=O) groups excluding carboxylic acids is 1. The van der Waals surface area contributed by atoms with Crippen LogP contribution in [-0.2, 0) is 16.4 Å². The monoisotopic (exact) mass is 470 g/mol. The van der Waals surface area contributed by atoms with Crippen molar-refractivity contribution in [3.8, 4) is 5.75 Å². The Morgan fingerprint density at radius 3 is 2.40 bits per heavy atom. The van der Waals surface area contributed by atoms with E-state index in [4.69, 9.17) is 27.9 Å². The molecular formula is C21H24Cl2N2O4S. The van der Waals surface area contributed by atoms with E-state index in [0.717, 1.165) is 24.2 Å². The van der Waals surface area contributed by atoms with Gasteiger partial charge in [0.15, 0.2) is 0 Å². The molecule has 0 saturated heterocycles. The first-order valence-electron chi connectivity index (χ1n) is 9.71. The lowest BCUT2D eigenvalue weighted by Gasteiger charge is -2.12. The molecule has 0 atom stereocenters. The maximum Gasteiger partial charge on any atom is 0.252 e. The van der Waals surface area contributed by atoms with Gasteiger partial charge in [-0.1, -0.05) is 35.3 Å². The molecule has 0 spiro atoms. The van der Waals surface area contributed by atoms with E-state index in [1.54, 1.807) is 0 Å². The Hall–Kier alpha value is -1.80. The summed E-state index contributed by atoms with van der Waals surface area (Å²) >= 11 is 12.2. The van der Waals surface area contributed by atoms with E-state index in [1.165, 1.54) is 12.1 Å². The first-order valence-corrected chi connectivity index (χ1v) is 11.9. The number of sulfonamides is 1. The number of amides is 1. The number of nitrogens with one attached hydrogen (secondary N) is 2. The van der Waals surface area contributed by atoms with Gasteiger partial charge in [-0.3, -0.25) is 4.79 Å². The smallest absolute Gasteiger partial charge is 0.252 e. The van der Waals surface area contributed by atoms with Crippen LogP contribution in [0.4, 0.5) is 0 Å². The Bertz CT molecular complexity index is 1020. The molecule has 0 heterocycles. The van der Waals surface area contributed by atoms with Gasteiger partial charge < -0.3 is 10.1 Å². The van der Waals surface area contributed by atoms with Crippen LogP contribution in [0, 0.1) is 0 Å². The van der Waals surface area contributed by atoms with Crippen LogP contribution in [0.3, 0.4) is 0 Å². The molecule has 162 valence electrons. The highest BCUT2D eigenvalue weighted by atomic mass is 35.5. The lowest BCUT2D eigenvalue weighted by Crippen LogP contribution is -2.28. The van der Waals surface area contributed by atoms with Crippen molar-refractivity contribution in [3.63, 3.8) is 0 Å². The van der Waals surface area contributed by atoms with E-state index in [9.17, 15) is 13.2 Å². The highest BCUT2D eigenvalue weighted by Gasteiger charge is 2.30. The fraction of sp³-hybridized carbons (Fsp3) is 0.381. The van der Waals surface area contributed by atoms with Gasteiger partial charge in [-0.2, -0.15) is 0 Å². The van der Waals surface area contributed by atoms with Gasteiger partial charge in [-0.25, -0.2) is 13.1 Å². The number of rotatable bonds is 9. The first-order chi connectivity index (χ1) is 14.2. The molecule has 6 nitrogen and oxygen atoms in total. The zero-order valence-corrected chi connectivity index (χ0v) is 19.1. The molecule has 2 N–H and O–H groups in total. The number of hydrogen-bond donors (Lipinski definition) is 2. The zero-order chi connectivity index (χ0) is 21.9. The normalized spacial score (nSPS) is 14.0. The van der Waals surface area contributed by atoms with Crippen LogP contribution in [0.5, 0.6) is 5.75 Å². The van der Waals surface area contributed by atoms with Crippen LogP contribution in [0.25, 0.3) is 0 Å². The Morgan fingerprint density at radius 1 is 1.13 bits per heavy atom. The Balaban J connectivity index is 1.64. The highest BCUT2D eigenvalue weighted by molar-refractivity contribution is 7.89. The molecule has 3 rings (SSSR count). The fourth-order valence-corrected chi connectivity index (χ4v) is 4.98. The number of halogens is 2. The molecule has 0 unspecified atom stereocenters. The molecule has 0 radical (unpaired) electrons. The van der Waals surface area contributed by atoms with Crippen molar-refractivity contribution < 1.29 is 17.9 Å². The van der Waals surface area contributed by atoms with E-state index in [1.807, 2.05) is 38.1 Å². The van der Waals surface area contributed by atoms with E-state index in [2.05, 4.69) is 10.0 Å². The second kappa shape index (κ2) is 9.56. The molecular weight excluding hydrogens is 447 g/mol. The van der Waals surface area contributed by atoms with Crippen molar-refractivity contribution in [2.45, 2.75) is 50.2 Å². The molecule has 2 aromatic carbocycles. The van der Waals surface area contributed by atoms with Crippen molar-refractivity contribution >= 4 is 39.1 Å². The van der Waals surface area contributed by atoms with Crippen LogP contribution >= 0.6 is 23.2 Å². The Kier molecular flexibility index (Phi) is 7.29. The molecule has 1 fully saturated rings. The maximum atomic E-state index is 12.6.